The van der Waals surface area contributed by atoms with Gasteiger partial charge in [0.1, 0.15) is 5.82 Å². The molecule has 0 amide bonds. The summed E-state index contributed by atoms with van der Waals surface area (Å²) >= 11 is 5.12. The quantitative estimate of drug-likeness (QED) is 0.763. The van der Waals surface area contributed by atoms with Crippen molar-refractivity contribution in [3.05, 3.63) is 63.9 Å². The zero-order valence-corrected chi connectivity index (χ0v) is 13.9. The highest BCUT2D eigenvalue weighted by molar-refractivity contribution is 9.10. The minimum absolute atomic E-state index is 0.0150. The third kappa shape index (κ3) is 4.08. The van der Waals surface area contributed by atoms with Crippen molar-refractivity contribution in [2.24, 2.45) is 0 Å². The van der Waals surface area contributed by atoms with Gasteiger partial charge < -0.3 is 5.32 Å². The van der Waals surface area contributed by atoms with Crippen molar-refractivity contribution in [2.45, 2.75) is 17.9 Å². The third-order valence-corrected chi connectivity index (χ3v) is 4.72. The molecule has 0 bridgehead atoms. The van der Waals surface area contributed by atoms with E-state index < -0.39 is 0 Å². The van der Waals surface area contributed by atoms with Crippen LogP contribution in [0.25, 0.3) is 0 Å². The highest BCUT2D eigenvalue weighted by Gasteiger charge is 2.14. The molecule has 2 aromatic carbocycles. The van der Waals surface area contributed by atoms with Crippen LogP contribution in [0.2, 0.25) is 0 Å². The molecule has 106 valence electrons. The van der Waals surface area contributed by atoms with E-state index in [1.54, 1.807) is 17.8 Å². The van der Waals surface area contributed by atoms with E-state index in [4.69, 9.17) is 0 Å². The zero-order valence-electron chi connectivity index (χ0n) is 11.5. The van der Waals surface area contributed by atoms with Crippen molar-refractivity contribution in [2.75, 3.05) is 12.8 Å². The molecule has 0 saturated carbocycles. The van der Waals surface area contributed by atoms with Crippen LogP contribution in [0.1, 0.15) is 17.2 Å². The smallest absolute Gasteiger partial charge is 0.128 e. The average molecular weight is 354 g/mol. The molecule has 4 heteroatoms. The fraction of sp³-hybridized carbons (Fsp3) is 0.250. The first-order valence-electron chi connectivity index (χ1n) is 6.42. The molecule has 0 heterocycles. The van der Waals surface area contributed by atoms with E-state index in [1.807, 2.05) is 13.1 Å². The lowest BCUT2D eigenvalue weighted by Gasteiger charge is -2.17. The van der Waals surface area contributed by atoms with E-state index >= 15 is 0 Å². The van der Waals surface area contributed by atoms with Crippen LogP contribution in [0, 0.1) is 12.7 Å². The first kappa shape index (κ1) is 15.5. The minimum Gasteiger partial charge on any atom is -0.312 e. The van der Waals surface area contributed by atoms with Crippen LogP contribution in [0.5, 0.6) is 0 Å². The Morgan fingerprint density at radius 3 is 2.55 bits per heavy atom. The molecule has 1 nitrogen and oxygen atoms in total. The summed E-state index contributed by atoms with van der Waals surface area (Å²) in [6.45, 7) is 2.07. The number of rotatable bonds is 5. The van der Waals surface area contributed by atoms with Gasteiger partial charge in [0.15, 0.2) is 0 Å². The third-order valence-electron chi connectivity index (χ3n) is 3.12. The van der Waals surface area contributed by atoms with Crippen LogP contribution in [0.15, 0.2) is 51.8 Å². The molecule has 0 aromatic heterocycles. The number of halogens is 2. The van der Waals surface area contributed by atoms with Gasteiger partial charge in [-0.05, 0) is 44.3 Å². The van der Waals surface area contributed by atoms with E-state index in [0.29, 0.717) is 5.56 Å². The van der Waals surface area contributed by atoms with Gasteiger partial charge in [0.2, 0.25) is 0 Å². The highest BCUT2D eigenvalue weighted by atomic mass is 79.9. The van der Waals surface area contributed by atoms with Crippen molar-refractivity contribution in [3.8, 4) is 0 Å². The van der Waals surface area contributed by atoms with Gasteiger partial charge in [0.05, 0.1) is 0 Å². The van der Waals surface area contributed by atoms with Crippen molar-refractivity contribution in [1.29, 1.82) is 0 Å². The van der Waals surface area contributed by atoms with Gasteiger partial charge in [-0.15, -0.1) is 11.8 Å². The van der Waals surface area contributed by atoms with Crippen LogP contribution in [-0.2, 0) is 0 Å². The van der Waals surface area contributed by atoms with Gasteiger partial charge in [-0.25, -0.2) is 4.39 Å². The Kier molecular flexibility index (Phi) is 5.64. The number of hydrogen-bond acceptors (Lipinski definition) is 2. The van der Waals surface area contributed by atoms with Gasteiger partial charge in [-0.1, -0.05) is 33.6 Å². The zero-order chi connectivity index (χ0) is 14.5. The molecule has 0 aliphatic heterocycles. The molecule has 0 aliphatic rings. The summed E-state index contributed by atoms with van der Waals surface area (Å²) in [6, 6.07) is 13.4. The van der Waals surface area contributed by atoms with Crippen molar-refractivity contribution >= 4 is 27.7 Å². The molecule has 20 heavy (non-hydrogen) atoms. The lowest BCUT2D eigenvalue weighted by Crippen LogP contribution is -2.20. The summed E-state index contributed by atoms with van der Waals surface area (Å²) in [7, 11) is 1.86. The average Bonchev–Trinajstić information content (AvgIpc) is 2.45. The topological polar surface area (TPSA) is 12.0 Å². The number of benzene rings is 2. The van der Waals surface area contributed by atoms with E-state index in [-0.39, 0.29) is 11.9 Å². The molecule has 1 atom stereocenters. The van der Waals surface area contributed by atoms with Crippen LogP contribution in [0.4, 0.5) is 4.39 Å². The molecule has 2 aromatic rings. The maximum Gasteiger partial charge on any atom is 0.128 e. The second-order valence-electron chi connectivity index (χ2n) is 4.63. The fourth-order valence-corrected chi connectivity index (χ4v) is 3.34. The van der Waals surface area contributed by atoms with Crippen LogP contribution >= 0.6 is 27.7 Å². The summed E-state index contributed by atoms with van der Waals surface area (Å²) in [6.07, 6.45) is 0. The molecule has 0 spiro atoms. The van der Waals surface area contributed by atoms with E-state index in [2.05, 4.69) is 52.4 Å². The summed E-state index contributed by atoms with van der Waals surface area (Å²) < 4.78 is 14.8. The molecular formula is C16H17BrFNS. The maximum absolute atomic E-state index is 13.9. The van der Waals surface area contributed by atoms with Crippen molar-refractivity contribution in [1.82, 2.24) is 5.32 Å². The monoisotopic (exact) mass is 353 g/mol. The first-order chi connectivity index (χ1) is 9.60. The molecule has 2 rings (SSSR count). The van der Waals surface area contributed by atoms with Gasteiger partial charge >= 0.3 is 0 Å². The van der Waals surface area contributed by atoms with Crippen LogP contribution < -0.4 is 5.32 Å². The highest BCUT2D eigenvalue weighted by Crippen LogP contribution is 2.28. The molecule has 0 fully saturated rings. The molecule has 1 N–H and O–H groups in total. The number of aryl methyl sites for hydroxylation is 1. The first-order valence-corrected chi connectivity index (χ1v) is 8.19. The molecule has 1 unspecified atom stereocenters. The molecule has 0 radical (unpaired) electrons. The number of nitrogens with one attached hydrogen (secondary N) is 1. The normalized spacial score (nSPS) is 12.4. The second kappa shape index (κ2) is 7.25. The van der Waals surface area contributed by atoms with Gasteiger partial charge in [0.25, 0.3) is 0 Å². The number of hydrogen-bond donors (Lipinski definition) is 1. The summed E-state index contributed by atoms with van der Waals surface area (Å²) in [4.78, 5) is 1.20. The Bertz CT molecular complexity index is 571. The minimum atomic E-state index is -0.169. The summed E-state index contributed by atoms with van der Waals surface area (Å²) in [5.41, 5.74) is 1.94. The number of thioether (sulfide) groups is 1. The van der Waals surface area contributed by atoms with Crippen molar-refractivity contribution < 1.29 is 4.39 Å². The van der Waals surface area contributed by atoms with Gasteiger partial charge in [0, 0.05) is 26.7 Å². The Balaban J connectivity index is 2.09. The predicted molar refractivity (Wildman–Crippen MR) is 87.8 cm³/mol. The summed E-state index contributed by atoms with van der Waals surface area (Å²) in [5, 5.41) is 3.19. The van der Waals surface area contributed by atoms with Crippen LogP contribution in [-0.4, -0.2) is 12.8 Å². The second-order valence-corrected chi connectivity index (χ2v) is 6.64. The Hall–Kier alpha value is -0.840. The van der Waals surface area contributed by atoms with Crippen LogP contribution in [0.3, 0.4) is 0 Å². The lowest BCUT2D eigenvalue weighted by atomic mass is 10.1. The molecule has 0 aliphatic carbocycles. The fourth-order valence-electron chi connectivity index (χ4n) is 1.92. The SMILES string of the molecule is CNC(CSc1ccc(C)cc1)c1cc(Br)ccc1F. The Morgan fingerprint density at radius 2 is 1.90 bits per heavy atom. The predicted octanol–water partition coefficient (Wildman–Crippen LogP) is 4.95. The Labute approximate surface area is 132 Å². The maximum atomic E-state index is 13.9. The molecule has 0 saturated heterocycles. The van der Waals surface area contributed by atoms with Gasteiger partial charge in [-0.2, -0.15) is 0 Å². The van der Waals surface area contributed by atoms with E-state index in [9.17, 15) is 4.39 Å². The largest absolute Gasteiger partial charge is 0.312 e. The van der Waals surface area contributed by atoms with Crippen molar-refractivity contribution in [3.63, 3.8) is 0 Å². The standard InChI is InChI=1S/C16H17BrFNS/c1-11-3-6-13(7-4-11)20-10-16(19-2)14-9-12(17)5-8-15(14)18/h3-9,16,19H,10H2,1-2H3. The van der Waals surface area contributed by atoms with E-state index in [1.165, 1.54) is 16.5 Å². The van der Waals surface area contributed by atoms with E-state index in [0.717, 1.165) is 10.2 Å². The molecular weight excluding hydrogens is 337 g/mol. The lowest BCUT2D eigenvalue weighted by molar-refractivity contribution is 0.565. The summed E-state index contributed by atoms with van der Waals surface area (Å²) in [5.74, 6) is 0.615. The van der Waals surface area contributed by atoms with Gasteiger partial charge in [-0.3, -0.25) is 0 Å². The Morgan fingerprint density at radius 1 is 1.20 bits per heavy atom.